The number of nitrogens with two attached hydrogens (primary N) is 1. The maximum absolute atomic E-state index is 5.74. The van der Waals surface area contributed by atoms with Gasteiger partial charge >= 0.3 is 0 Å². The van der Waals surface area contributed by atoms with Crippen LogP contribution in [0.25, 0.3) is 0 Å². The van der Waals surface area contributed by atoms with Gasteiger partial charge in [0.1, 0.15) is 5.75 Å². The fourth-order valence-electron chi connectivity index (χ4n) is 1.41. The Morgan fingerprint density at radius 1 is 1.31 bits per heavy atom. The van der Waals surface area contributed by atoms with Crippen molar-refractivity contribution in [3.8, 4) is 5.75 Å². The highest BCUT2D eigenvalue weighted by Crippen LogP contribution is 2.22. The molecule has 0 saturated heterocycles. The van der Waals surface area contributed by atoms with E-state index in [2.05, 4.69) is 13.8 Å². The Labute approximate surface area is 97.6 Å². The molecule has 0 aliphatic carbocycles. The van der Waals surface area contributed by atoms with Gasteiger partial charge in [-0.05, 0) is 31.0 Å². The van der Waals surface area contributed by atoms with Gasteiger partial charge in [0.2, 0.25) is 0 Å². The van der Waals surface area contributed by atoms with E-state index in [-0.39, 0.29) is 0 Å². The fourth-order valence-corrected chi connectivity index (χ4v) is 1.41. The minimum atomic E-state index is 0.539. The van der Waals surface area contributed by atoms with Gasteiger partial charge in [0.25, 0.3) is 0 Å². The number of hydrogen-bond acceptors (Lipinski definition) is 3. The second-order valence-corrected chi connectivity index (χ2v) is 4.21. The Morgan fingerprint density at radius 2 is 2.06 bits per heavy atom. The number of rotatable bonds is 6. The number of ether oxygens (including phenoxy) is 2. The van der Waals surface area contributed by atoms with Crippen molar-refractivity contribution in [1.82, 2.24) is 0 Å². The van der Waals surface area contributed by atoms with Crippen molar-refractivity contribution in [3.63, 3.8) is 0 Å². The first-order valence-electron chi connectivity index (χ1n) is 5.72. The third-order valence-electron chi connectivity index (χ3n) is 2.09. The molecule has 3 heteroatoms. The Morgan fingerprint density at radius 3 is 2.69 bits per heavy atom. The summed E-state index contributed by atoms with van der Waals surface area (Å²) >= 11 is 0. The molecule has 0 amide bonds. The monoisotopic (exact) mass is 223 g/mol. The lowest BCUT2D eigenvalue weighted by atomic mass is 10.2. The molecule has 0 bridgehead atoms. The molecular weight excluding hydrogens is 202 g/mol. The van der Waals surface area contributed by atoms with E-state index < -0.39 is 0 Å². The zero-order chi connectivity index (χ0) is 12.0. The van der Waals surface area contributed by atoms with Gasteiger partial charge in [0, 0.05) is 17.9 Å². The second-order valence-electron chi connectivity index (χ2n) is 4.21. The van der Waals surface area contributed by atoms with E-state index >= 15 is 0 Å². The van der Waals surface area contributed by atoms with E-state index in [9.17, 15) is 0 Å². The van der Waals surface area contributed by atoms with Crippen LogP contribution in [-0.2, 0) is 11.3 Å². The Bertz CT molecular complexity index is 324. The van der Waals surface area contributed by atoms with Crippen LogP contribution in [0.2, 0.25) is 0 Å². The minimum absolute atomic E-state index is 0.539. The molecule has 0 aliphatic heterocycles. The van der Waals surface area contributed by atoms with Gasteiger partial charge in [-0.3, -0.25) is 0 Å². The highest BCUT2D eigenvalue weighted by molar-refractivity contribution is 5.47. The summed E-state index contributed by atoms with van der Waals surface area (Å²) in [5, 5.41) is 0. The average molecular weight is 223 g/mol. The number of hydrogen-bond donors (Lipinski definition) is 1. The van der Waals surface area contributed by atoms with E-state index in [1.807, 2.05) is 25.1 Å². The van der Waals surface area contributed by atoms with Gasteiger partial charge in [-0.2, -0.15) is 0 Å². The predicted molar refractivity (Wildman–Crippen MR) is 66.5 cm³/mol. The maximum Gasteiger partial charge on any atom is 0.124 e. The SMILES string of the molecule is CCOc1ccc(N)cc1COCC(C)C. The van der Waals surface area contributed by atoms with Crippen LogP contribution in [0, 0.1) is 5.92 Å². The van der Waals surface area contributed by atoms with E-state index in [4.69, 9.17) is 15.2 Å². The minimum Gasteiger partial charge on any atom is -0.494 e. The van der Waals surface area contributed by atoms with Gasteiger partial charge in [-0.15, -0.1) is 0 Å². The van der Waals surface area contributed by atoms with Gasteiger partial charge in [0.15, 0.2) is 0 Å². The molecule has 0 atom stereocenters. The summed E-state index contributed by atoms with van der Waals surface area (Å²) in [5.41, 5.74) is 7.50. The van der Waals surface area contributed by atoms with Crippen LogP contribution in [0.15, 0.2) is 18.2 Å². The summed E-state index contributed by atoms with van der Waals surface area (Å²) < 4.78 is 11.1. The molecule has 0 unspecified atom stereocenters. The van der Waals surface area contributed by atoms with Crippen molar-refractivity contribution in [1.29, 1.82) is 0 Å². The molecule has 0 heterocycles. The zero-order valence-electron chi connectivity index (χ0n) is 10.3. The van der Waals surface area contributed by atoms with E-state index in [0.717, 1.165) is 23.6 Å². The van der Waals surface area contributed by atoms with Crippen LogP contribution < -0.4 is 10.5 Å². The second kappa shape index (κ2) is 6.38. The molecule has 0 saturated carbocycles. The highest BCUT2D eigenvalue weighted by Gasteiger charge is 2.04. The summed E-state index contributed by atoms with van der Waals surface area (Å²) in [7, 11) is 0. The highest BCUT2D eigenvalue weighted by atomic mass is 16.5. The number of nitrogen functional groups attached to an aromatic ring is 1. The molecule has 0 aromatic heterocycles. The number of anilines is 1. The van der Waals surface area contributed by atoms with Crippen molar-refractivity contribution >= 4 is 5.69 Å². The van der Waals surface area contributed by atoms with Crippen LogP contribution in [0.4, 0.5) is 5.69 Å². The van der Waals surface area contributed by atoms with Crippen LogP contribution in [0.3, 0.4) is 0 Å². The molecule has 1 aromatic carbocycles. The van der Waals surface area contributed by atoms with Crippen molar-refractivity contribution in [3.05, 3.63) is 23.8 Å². The lowest BCUT2D eigenvalue weighted by Gasteiger charge is -2.12. The van der Waals surface area contributed by atoms with Crippen LogP contribution in [0.5, 0.6) is 5.75 Å². The van der Waals surface area contributed by atoms with Crippen molar-refractivity contribution in [2.24, 2.45) is 5.92 Å². The lowest BCUT2D eigenvalue weighted by molar-refractivity contribution is 0.0951. The average Bonchev–Trinajstić information content (AvgIpc) is 2.21. The summed E-state index contributed by atoms with van der Waals surface area (Å²) in [5.74, 6) is 1.40. The largest absolute Gasteiger partial charge is 0.494 e. The van der Waals surface area contributed by atoms with E-state index in [0.29, 0.717) is 19.1 Å². The number of benzene rings is 1. The van der Waals surface area contributed by atoms with Crippen molar-refractivity contribution in [2.45, 2.75) is 27.4 Å². The van der Waals surface area contributed by atoms with E-state index in [1.165, 1.54) is 0 Å². The standard InChI is InChI=1S/C13H21NO2/c1-4-16-13-6-5-12(14)7-11(13)9-15-8-10(2)3/h5-7,10H,4,8-9,14H2,1-3H3. The molecular formula is C13H21NO2. The normalized spacial score (nSPS) is 10.8. The quantitative estimate of drug-likeness (QED) is 0.754. The summed E-state index contributed by atoms with van der Waals surface area (Å²) in [4.78, 5) is 0. The molecule has 16 heavy (non-hydrogen) atoms. The molecule has 0 aliphatic rings. The molecule has 2 N–H and O–H groups in total. The predicted octanol–water partition coefficient (Wildman–Crippen LogP) is 2.84. The smallest absolute Gasteiger partial charge is 0.124 e. The lowest BCUT2D eigenvalue weighted by Crippen LogP contribution is -2.04. The molecule has 0 radical (unpaired) electrons. The topological polar surface area (TPSA) is 44.5 Å². The van der Waals surface area contributed by atoms with Crippen LogP contribution >= 0.6 is 0 Å². The first-order chi connectivity index (χ1) is 7.63. The van der Waals surface area contributed by atoms with Gasteiger partial charge in [-0.1, -0.05) is 13.8 Å². The maximum atomic E-state index is 5.74. The fraction of sp³-hybridized carbons (Fsp3) is 0.538. The molecule has 3 nitrogen and oxygen atoms in total. The van der Waals surface area contributed by atoms with Crippen molar-refractivity contribution in [2.75, 3.05) is 18.9 Å². The Balaban J connectivity index is 2.64. The van der Waals surface area contributed by atoms with Crippen LogP contribution in [0.1, 0.15) is 26.3 Å². The Hall–Kier alpha value is -1.22. The van der Waals surface area contributed by atoms with Gasteiger partial charge < -0.3 is 15.2 Å². The first-order valence-corrected chi connectivity index (χ1v) is 5.72. The Kier molecular flexibility index (Phi) is 5.12. The van der Waals surface area contributed by atoms with Crippen molar-refractivity contribution < 1.29 is 9.47 Å². The summed E-state index contributed by atoms with van der Waals surface area (Å²) in [6.07, 6.45) is 0. The third kappa shape index (κ3) is 4.11. The first kappa shape index (κ1) is 12.8. The molecule has 1 aromatic rings. The molecule has 90 valence electrons. The van der Waals surface area contributed by atoms with Gasteiger partial charge in [-0.25, -0.2) is 0 Å². The molecule has 0 spiro atoms. The molecule has 0 fully saturated rings. The zero-order valence-corrected chi connectivity index (χ0v) is 10.3. The van der Waals surface area contributed by atoms with Gasteiger partial charge in [0.05, 0.1) is 13.2 Å². The van der Waals surface area contributed by atoms with E-state index in [1.54, 1.807) is 0 Å². The molecule has 1 rings (SSSR count). The third-order valence-corrected chi connectivity index (χ3v) is 2.09. The summed E-state index contributed by atoms with van der Waals surface area (Å²) in [6, 6.07) is 5.65. The van der Waals surface area contributed by atoms with Crippen LogP contribution in [-0.4, -0.2) is 13.2 Å². The summed E-state index contributed by atoms with van der Waals surface area (Å²) in [6.45, 7) is 8.18.